The highest BCUT2D eigenvalue weighted by atomic mass is 32.1. The Kier molecular flexibility index (Phi) is 5.82. The molecule has 0 aliphatic carbocycles. The van der Waals surface area contributed by atoms with E-state index in [0.29, 0.717) is 47.8 Å². The molecule has 7 nitrogen and oxygen atoms in total. The summed E-state index contributed by atoms with van der Waals surface area (Å²) in [5, 5.41) is 12.6. The number of pyridine rings is 2. The third-order valence-corrected chi connectivity index (χ3v) is 6.86. The van der Waals surface area contributed by atoms with Gasteiger partial charge in [0.15, 0.2) is 0 Å². The lowest BCUT2D eigenvalue weighted by molar-refractivity contribution is 0.0751. The zero-order valence-corrected chi connectivity index (χ0v) is 19.0. The van der Waals surface area contributed by atoms with Gasteiger partial charge in [0, 0.05) is 37.8 Å². The molecule has 3 aromatic heterocycles. The largest absolute Gasteiger partial charge is 0.366 e. The summed E-state index contributed by atoms with van der Waals surface area (Å²) in [5.41, 5.74) is 1.34. The van der Waals surface area contributed by atoms with E-state index < -0.39 is 5.56 Å². The first-order valence-electron chi connectivity index (χ1n) is 10.8. The van der Waals surface area contributed by atoms with Crippen LogP contribution in [-0.2, 0) is 6.54 Å². The number of rotatable bonds is 4. The minimum absolute atomic E-state index is 0.00488. The molecule has 0 N–H and O–H groups in total. The number of piperazine rings is 1. The SMILES string of the molecule is N#Cc1c(N2CCN(C(=O)c3cccs3)CC2)c2ccncc2n(Cc2cccc(F)c2)c1=O. The number of aromatic nitrogens is 2. The van der Waals surface area contributed by atoms with Crippen molar-refractivity contribution in [2.24, 2.45) is 0 Å². The van der Waals surface area contributed by atoms with Gasteiger partial charge in [0.25, 0.3) is 11.5 Å². The molecule has 1 aliphatic heterocycles. The predicted molar refractivity (Wildman–Crippen MR) is 129 cm³/mol. The summed E-state index contributed by atoms with van der Waals surface area (Å²) in [6.07, 6.45) is 3.22. The Morgan fingerprint density at radius 1 is 1.15 bits per heavy atom. The van der Waals surface area contributed by atoms with Crippen molar-refractivity contribution >= 4 is 33.8 Å². The number of carbonyl (C=O) groups excluding carboxylic acids is 1. The summed E-state index contributed by atoms with van der Waals surface area (Å²) in [6, 6.07) is 13.6. The van der Waals surface area contributed by atoms with Gasteiger partial charge in [-0.1, -0.05) is 18.2 Å². The lowest BCUT2D eigenvalue weighted by Crippen LogP contribution is -2.49. The molecular formula is C25H20FN5O2S. The Labute approximate surface area is 198 Å². The molecule has 0 radical (unpaired) electrons. The van der Waals surface area contributed by atoms with Crippen LogP contribution in [0.4, 0.5) is 10.1 Å². The lowest BCUT2D eigenvalue weighted by Gasteiger charge is -2.37. The maximum atomic E-state index is 13.7. The average Bonchev–Trinajstić information content (AvgIpc) is 3.40. The van der Waals surface area contributed by atoms with Crippen molar-refractivity contribution in [1.82, 2.24) is 14.5 Å². The van der Waals surface area contributed by atoms with Gasteiger partial charge in [-0.25, -0.2) is 4.39 Å². The molecule has 0 unspecified atom stereocenters. The van der Waals surface area contributed by atoms with Crippen LogP contribution in [0.3, 0.4) is 0 Å². The Balaban J connectivity index is 1.52. The van der Waals surface area contributed by atoms with Gasteiger partial charge in [0.05, 0.1) is 28.8 Å². The molecule has 0 spiro atoms. The second kappa shape index (κ2) is 9.08. The molecule has 0 atom stereocenters. The molecule has 4 aromatic rings. The van der Waals surface area contributed by atoms with E-state index in [1.165, 1.54) is 28.0 Å². The van der Waals surface area contributed by atoms with Crippen LogP contribution in [0.25, 0.3) is 10.9 Å². The van der Waals surface area contributed by atoms with Crippen LogP contribution < -0.4 is 10.5 Å². The van der Waals surface area contributed by atoms with Gasteiger partial charge in [-0.3, -0.25) is 14.6 Å². The number of fused-ring (bicyclic) bond motifs is 1. The molecule has 34 heavy (non-hydrogen) atoms. The number of thiophene rings is 1. The van der Waals surface area contributed by atoms with E-state index in [2.05, 4.69) is 11.1 Å². The first-order valence-corrected chi connectivity index (χ1v) is 11.7. The van der Waals surface area contributed by atoms with Crippen LogP contribution in [0.2, 0.25) is 0 Å². The van der Waals surface area contributed by atoms with Gasteiger partial charge in [-0.15, -0.1) is 11.3 Å². The quantitative estimate of drug-likeness (QED) is 0.453. The van der Waals surface area contributed by atoms with Crippen LogP contribution in [0.15, 0.2) is 65.0 Å². The monoisotopic (exact) mass is 473 g/mol. The first-order chi connectivity index (χ1) is 16.6. The van der Waals surface area contributed by atoms with Crippen molar-refractivity contribution in [2.75, 3.05) is 31.1 Å². The van der Waals surface area contributed by atoms with Crippen molar-refractivity contribution in [2.45, 2.75) is 6.54 Å². The van der Waals surface area contributed by atoms with Crippen molar-refractivity contribution in [3.63, 3.8) is 0 Å². The number of carbonyl (C=O) groups is 1. The molecule has 1 fully saturated rings. The highest BCUT2D eigenvalue weighted by Crippen LogP contribution is 2.30. The van der Waals surface area contributed by atoms with Gasteiger partial charge >= 0.3 is 0 Å². The van der Waals surface area contributed by atoms with Crippen molar-refractivity contribution in [3.05, 3.63) is 92.4 Å². The molecule has 0 saturated carbocycles. The number of nitrogens with zero attached hydrogens (tertiary/aromatic N) is 5. The smallest absolute Gasteiger partial charge is 0.271 e. The Bertz CT molecular complexity index is 1470. The van der Waals surface area contributed by atoms with Gasteiger partial charge in [-0.05, 0) is 35.2 Å². The van der Waals surface area contributed by atoms with Gasteiger partial charge < -0.3 is 14.4 Å². The van der Waals surface area contributed by atoms with Crippen molar-refractivity contribution in [3.8, 4) is 6.07 Å². The van der Waals surface area contributed by atoms with E-state index in [0.717, 1.165) is 5.39 Å². The Hall–Kier alpha value is -4.03. The molecule has 1 saturated heterocycles. The molecule has 1 amide bonds. The van der Waals surface area contributed by atoms with Gasteiger partial charge in [-0.2, -0.15) is 5.26 Å². The molecule has 1 aromatic carbocycles. The van der Waals surface area contributed by atoms with E-state index in [4.69, 9.17) is 0 Å². The molecule has 5 rings (SSSR count). The highest BCUT2D eigenvalue weighted by Gasteiger charge is 2.27. The van der Waals surface area contributed by atoms with Crippen LogP contribution in [-0.4, -0.2) is 46.5 Å². The lowest BCUT2D eigenvalue weighted by atomic mass is 10.1. The molecular weight excluding hydrogens is 453 g/mol. The van der Waals surface area contributed by atoms with E-state index in [9.17, 15) is 19.2 Å². The number of amides is 1. The maximum absolute atomic E-state index is 13.7. The number of halogens is 1. The standard InChI is InChI=1S/C25H20FN5O2S/c26-18-4-1-3-17(13-18)16-31-21-15-28-7-6-19(21)23(20(14-27)24(31)32)29-8-10-30(11-9-29)25(33)22-5-2-12-34-22/h1-7,12-13,15H,8-11,16H2. The fourth-order valence-corrected chi connectivity index (χ4v) is 5.07. The first kappa shape index (κ1) is 21.8. The minimum Gasteiger partial charge on any atom is -0.366 e. The number of anilines is 1. The van der Waals surface area contributed by atoms with E-state index >= 15 is 0 Å². The highest BCUT2D eigenvalue weighted by molar-refractivity contribution is 7.12. The van der Waals surface area contributed by atoms with E-state index in [1.807, 2.05) is 22.4 Å². The second-order valence-electron chi connectivity index (χ2n) is 8.01. The Morgan fingerprint density at radius 3 is 2.68 bits per heavy atom. The van der Waals surface area contributed by atoms with Crippen LogP contribution in [0.1, 0.15) is 20.8 Å². The number of benzene rings is 1. The summed E-state index contributed by atoms with van der Waals surface area (Å²) >= 11 is 1.41. The topological polar surface area (TPSA) is 82.2 Å². The predicted octanol–water partition coefficient (Wildman–Crippen LogP) is 3.48. The van der Waals surface area contributed by atoms with Crippen LogP contribution >= 0.6 is 11.3 Å². The minimum atomic E-state index is -0.445. The van der Waals surface area contributed by atoms with Crippen molar-refractivity contribution in [1.29, 1.82) is 5.26 Å². The maximum Gasteiger partial charge on any atom is 0.271 e. The summed E-state index contributed by atoms with van der Waals surface area (Å²) in [5.74, 6) is -0.394. The van der Waals surface area contributed by atoms with E-state index in [1.54, 1.807) is 35.5 Å². The normalized spacial score (nSPS) is 13.8. The average molecular weight is 474 g/mol. The molecule has 0 bridgehead atoms. The third-order valence-electron chi connectivity index (χ3n) is 6.00. The fourth-order valence-electron chi connectivity index (χ4n) is 4.38. The van der Waals surface area contributed by atoms with Gasteiger partial charge in [0.2, 0.25) is 0 Å². The van der Waals surface area contributed by atoms with Crippen LogP contribution in [0, 0.1) is 17.1 Å². The Morgan fingerprint density at radius 2 is 1.97 bits per heavy atom. The molecule has 9 heteroatoms. The van der Waals surface area contributed by atoms with Crippen molar-refractivity contribution < 1.29 is 9.18 Å². The summed E-state index contributed by atoms with van der Waals surface area (Å²) in [6.45, 7) is 2.09. The van der Waals surface area contributed by atoms with E-state index in [-0.39, 0.29) is 23.8 Å². The zero-order valence-electron chi connectivity index (χ0n) is 18.1. The molecule has 170 valence electrons. The zero-order chi connectivity index (χ0) is 23.7. The van der Waals surface area contributed by atoms with Crippen LogP contribution in [0.5, 0.6) is 0 Å². The number of nitriles is 1. The number of hydrogen-bond donors (Lipinski definition) is 0. The second-order valence-corrected chi connectivity index (χ2v) is 8.95. The molecule has 1 aliphatic rings. The summed E-state index contributed by atoms with van der Waals surface area (Å²) in [7, 11) is 0. The number of hydrogen-bond acceptors (Lipinski definition) is 6. The fraction of sp³-hybridized carbons (Fsp3) is 0.200. The summed E-state index contributed by atoms with van der Waals surface area (Å²) < 4.78 is 15.2. The molecule has 4 heterocycles. The third kappa shape index (κ3) is 3.93. The summed E-state index contributed by atoms with van der Waals surface area (Å²) in [4.78, 5) is 34.8. The van der Waals surface area contributed by atoms with Gasteiger partial charge in [0.1, 0.15) is 17.4 Å².